The molecule has 1 aromatic carbocycles. The van der Waals surface area contributed by atoms with Crippen LogP contribution in [0.15, 0.2) is 37.0 Å². The van der Waals surface area contributed by atoms with E-state index in [0.29, 0.717) is 0 Å². The third-order valence-corrected chi connectivity index (χ3v) is 1.68. The fourth-order valence-corrected chi connectivity index (χ4v) is 1.07. The fraction of sp³-hybridized carbons (Fsp3) is 0.167. The molecule has 0 aliphatic heterocycles. The molecule has 2 nitrogen and oxygen atoms in total. The van der Waals surface area contributed by atoms with Gasteiger partial charge >= 0.3 is 0 Å². The molecule has 2 heteroatoms. The monoisotopic (exact) mass is 186 g/mol. The van der Waals surface area contributed by atoms with Gasteiger partial charge in [0.1, 0.15) is 0 Å². The summed E-state index contributed by atoms with van der Waals surface area (Å²) in [7, 11) is 0. The van der Waals surface area contributed by atoms with E-state index in [1.165, 1.54) is 0 Å². The fourth-order valence-electron chi connectivity index (χ4n) is 1.07. The Morgan fingerprint density at radius 3 is 2.43 bits per heavy atom. The summed E-state index contributed by atoms with van der Waals surface area (Å²) in [6, 6.07) is 7.78. The van der Waals surface area contributed by atoms with Crippen LogP contribution in [-0.2, 0) is 0 Å². The molecule has 0 bridgehead atoms. The quantitative estimate of drug-likeness (QED) is 0.683. The minimum atomic E-state index is 0.814. The van der Waals surface area contributed by atoms with Gasteiger partial charge in [-0.2, -0.15) is 0 Å². The van der Waals surface area contributed by atoms with Crippen molar-refractivity contribution in [3.63, 3.8) is 0 Å². The Kier molecular flexibility index (Phi) is 3.80. The van der Waals surface area contributed by atoms with Crippen LogP contribution in [0, 0.1) is 0 Å². The van der Waals surface area contributed by atoms with Gasteiger partial charge in [-0.1, -0.05) is 32.6 Å². The van der Waals surface area contributed by atoms with Crippen molar-refractivity contribution in [3.05, 3.63) is 42.7 Å². The molecule has 0 amide bonds. The molecular weight excluding hydrogens is 172 g/mol. The van der Waals surface area contributed by atoms with Gasteiger partial charge in [0.25, 0.3) is 0 Å². The predicted molar refractivity (Wildman–Crippen MR) is 61.0 cm³/mol. The molecular formula is C12H14N2. The molecule has 0 saturated heterocycles. The van der Waals surface area contributed by atoms with Crippen molar-refractivity contribution < 1.29 is 0 Å². The zero-order chi connectivity index (χ0) is 10.4. The van der Waals surface area contributed by atoms with Gasteiger partial charge in [0.2, 0.25) is 0 Å². The van der Waals surface area contributed by atoms with Crippen molar-refractivity contribution >= 4 is 17.1 Å². The molecule has 0 aliphatic carbocycles. The van der Waals surface area contributed by atoms with Crippen molar-refractivity contribution in [2.75, 3.05) is 0 Å². The van der Waals surface area contributed by atoms with Crippen LogP contribution in [0.4, 0.5) is 0 Å². The number of rotatable bonds is 1. The van der Waals surface area contributed by atoms with Crippen molar-refractivity contribution in [1.82, 2.24) is 9.97 Å². The highest BCUT2D eigenvalue weighted by atomic mass is 14.8. The molecule has 2 aromatic rings. The van der Waals surface area contributed by atoms with Crippen LogP contribution in [0.1, 0.15) is 19.5 Å². The summed E-state index contributed by atoms with van der Waals surface area (Å²) in [6.45, 7) is 7.64. The van der Waals surface area contributed by atoms with Crippen molar-refractivity contribution in [2.45, 2.75) is 13.8 Å². The van der Waals surface area contributed by atoms with Gasteiger partial charge in [-0.3, -0.25) is 4.98 Å². The first-order valence-electron chi connectivity index (χ1n) is 4.74. The SMILES string of the molecule is C=Cc1cnc2ccccc2n1.CC. The lowest BCUT2D eigenvalue weighted by Gasteiger charge is -1.95. The predicted octanol–water partition coefficient (Wildman–Crippen LogP) is 3.30. The smallest absolute Gasteiger partial charge is 0.0894 e. The van der Waals surface area contributed by atoms with Crippen LogP contribution in [0.5, 0.6) is 0 Å². The van der Waals surface area contributed by atoms with Crippen molar-refractivity contribution in [3.8, 4) is 0 Å². The van der Waals surface area contributed by atoms with Gasteiger partial charge < -0.3 is 0 Å². The summed E-state index contributed by atoms with van der Waals surface area (Å²) in [6.07, 6.45) is 3.41. The van der Waals surface area contributed by atoms with Crippen molar-refractivity contribution in [2.24, 2.45) is 0 Å². The third kappa shape index (κ3) is 2.16. The maximum absolute atomic E-state index is 4.31. The van der Waals surface area contributed by atoms with Crippen LogP contribution in [0.2, 0.25) is 0 Å². The van der Waals surface area contributed by atoms with Crippen LogP contribution in [-0.4, -0.2) is 9.97 Å². The Morgan fingerprint density at radius 1 is 1.14 bits per heavy atom. The number of aromatic nitrogens is 2. The normalized spacial score (nSPS) is 9.00. The number of hydrogen-bond acceptors (Lipinski definition) is 2. The maximum atomic E-state index is 4.31. The number of benzene rings is 1. The van der Waals surface area contributed by atoms with Gasteiger partial charge in [0.15, 0.2) is 0 Å². The lowest BCUT2D eigenvalue weighted by molar-refractivity contribution is 1.27. The molecule has 1 heterocycles. The average Bonchev–Trinajstić information content (AvgIpc) is 2.31. The van der Waals surface area contributed by atoms with Crippen LogP contribution >= 0.6 is 0 Å². The topological polar surface area (TPSA) is 25.8 Å². The van der Waals surface area contributed by atoms with Crippen LogP contribution < -0.4 is 0 Å². The number of nitrogens with zero attached hydrogens (tertiary/aromatic N) is 2. The highest BCUT2D eigenvalue weighted by molar-refractivity contribution is 5.74. The average molecular weight is 186 g/mol. The summed E-state index contributed by atoms with van der Waals surface area (Å²) < 4.78 is 0. The molecule has 0 saturated carbocycles. The third-order valence-electron chi connectivity index (χ3n) is 1.68. The van der Waals surface area contributed by atoms with Gasteiger partial charge in [-0.25, -0.2) is 4.98 Å². The lowest BCUT2D eigenvalue weighted by Crippen LogP contribution is -1.85. The van der Waals surface area contributed by atoms with E-state index < -0.39 is 0 Å². The highest BCUT2D eigenvalue weighted by Gasteiger charge is 1.93. The Bertz CT molecular complexity index is 421. The molecule has 1 aromatic heterocycles. The Labute approximate surface area is 84.3 Å². The Morgan fingerprint density at radius 2 is 1.79 bits per heavy atom. The molecule has 0 spiro atoms. The second-order valence-corrected chi connectivity index (χ2v) is 2.49. The van der Waals surface area contributed by atoms with E-state index in [-0.39, 0.29) is 0 Å². The second kappa shape index (κ2) is 5.12. The summed E-state index contributed by atoms with van der Waals surface area (Å²) in [5, 5.41) is 0. The minimum absolute atomic E-state index is 0.814. The zero-order valence-corrected chi connectivity index (χ0v) is 8.57. The first-order chi connectivity index (χ1) is 6.90. The molecule has 0 aliphatic rings. The van der Waals surface area contributed by atoms with Gasteiger partial charge in [-0.05, 0) is 18.2 Å². The zero-order valence-electron chi connectivity index (χ0n) is 8.57. The van der Waals surface area contributed by atoms with Gasteiger partial charge in [0.05, 0.1) is 22.9 Å². The molecule has 0 unspecified atom stereocenters. The van der Waals surface area contributed by atoms with E-state index in [1.807, 2.05) is 38.1 Å². The summed E-state index contributed by atoms with van der Waals surface area (Å²) >= 11 is 0. The van der Waals surface area contributed by atoms with E-state index in [2.05, 4.69) is 16.5 Å². The molecule has 0 atom stereocenters. The Hall–Kier alpha value is -1.70. The molecule has 0 N–H and O–H groups in total. The molecule has 0 radical (unpaired) electrons. The largest absolute Gasteiger partial charge is 0.252 e. The molecule has 72 valence electrons. The summed E-state index contributed by atoms with van der Waals surface area (Å²) in [5.74, 6) is 0. The van der Waals surface area contributed by atoms with Gasteiger partial charge in [-0.15, -0.1) is 0 Å². The van der Waals surface area contributed by atoms with Crippen LogP contribution in [0.25, 0.3) is 17.1 Å². The van der Waals surface area contributed by atoms with Crippen LogP contribution in [0.3, 0.4) is 0 Å². The second-order valence-electron chi connectivity index (χ2n) is 2.49. The van der Waals surface area contributed by atoms with E-state index in [0.717, 1.165) is 16.7 Å². The van der Waals surface area contributed by atoms with E-state index >= 15 is 0 Å². The maximum Gasteiger partial charge on any atom is 0.0894 e. The molecule has 0 fully saturated rings. The Balaban J connectivity index is 0.000000461. The number of para-hydroxylation sites is 2. The summed E-state index contributed by atoms with van der Waals surface area (Å²) in [4.78, 5) is 8.53. The lowest BCUT2D eigenvalue weighted by atomic mass is 10.3. The minimum Gasteiger partial charge on any atom is -0.252 e. The molecule has 14 heavy (non-hydrogen) atoms. The van der Waals surface area contributed by atoms with Crippen molar-refractivity contribution in [1.29, 1.82) is 0 Å². The standard InChI is InChI=1S/C10H8N2.C2H6/c1-2-8-7-11-9-5-3-4-6-10(9)12-8;1-2/h2-7H,1H2;1-2H3. The number of fused-ring (bicyclic) bond motifs is 1. The van der Waals surface area contributed by atoms with E-state index in [1.54, 1.807) is 12.3 Å². The first kappa shape index (κ1) is 10.4. The first-order valence-corrected chi connectivity index (χ1v) is 4.74. The highest BCUT2D eigenvalue weighted by Crippen LogP contribution is 2.08. The number of hydrogen-bond donors (Lipinski definition) is 0. The van der Waals surface area contributed by atoms with Gasteiger partial charge in [0, 0.05) is 0 Å². The molecule has 2 rings (SSSR count). The van der Waals surface area contributed by atoms with E-state index in [9.17, 15) is 0 Å². The van der Waals surface area contributed by atoms with E-state index in [4.69, 9.17) is 0 Å². The summed E-state index contributed by atoms with van der Waals surface area (Å²) in [5.41, 5.74) is 2.65.